The summed E-state index contributed by atoms with van der Waals surface area (Å²) in [5, 5.41) is 20.5. The van der Waals surface area contributed by atoms with Crippen molar-refractivity contribution in [3.8, 4) is 0 Å². The van der Waals surface area contributed by atoms with Crippen LogP contribution in [0.15, 0.2) is 0 Å². The lowest BCUT2D eigenvalue weighted by Gasteiger charge is -2.17. The third-order valence-electron chi connectivity index (χ3n) is 4.88. The number of aliphatic hydroxyl groups excluding tert-OH is 1. The van der Waals surface area contributed by atoms with Gasteiger partial charge < -0.3 is 21.1 Å². The second kappa shape index (κ2) is 5.58. The van der Waals surface area contributed by atoms with E-state index in [1.54, 1.807) is 0 Å². The molecular weight excluding hydrogens is 292 g/mol. The smallest absolute Gasteiger partial charge is 0.227 e. The van der Waals surface area contributed by atoms with Gasteiger partial charge in [0.1, 0.15) is 5.82 Å². The van der Waals surface area contributed by atoms with Crippen molar-refractivity contribution in [1.82, 2.24) is 20.3 Å². The second-order valence-corrected chi connectivity index (χ2v) is 6.34. The van der Waals surface area contributed by atoms with E-state index in [1.807, 2.05) is 7.05 Å². The molecule has 122 valence electrons. The van der Waals surface area contributed by atoms with E-state index in [-0.39, 0.29) is 6.04 Å². The quantitative estimate of drug-likeness (QED) is 0.659. The molecule has 7 nitrogen and oxygen atoms in total. The lowest BCUT2D eigenvalue weighted by molar-refractivity contribution is 0.185. The highest BCUT2D eigenvalue weighted by atomic mass is 16.3. The van der Waals surface area contributed by atoms with Crippen LogP contribution >= 0.6 is 0 Å². The number of pyridine rings is 1. The minimum Gasteiger partial charge on any atom is -0.390 e. The van der Waals surface area contributed by atoms with E-state index in [0.717, 1.165) is 36.1 Å². The lowest BCUT2D eigenvalue weighted by atomic mass is 10.1. The number of anilines is 2. The number of nitrogens with zero attached hydrogens (tertiary/aromatic N) is 3. The molecule has 2 atom stereocenters. The number of aromatic nitrogens is 3. The molecule has 23 heavy (non-hydrogen) atoms. The maximum Gasteiger partial charge on any atom is 0.227 e. The lowest BCUT2D eigenvalue weighted by Crippen LogP contribution is -2.32. The Balaban J connectivity index is 1.80. The van der Waals surface area contributed by atoms with Crippen LogP contribution in [0.4, 0.5) is 11.8 Å². The maximum absolute atomic E-state index is 9.95. The fourth-order valence-corrected chi connectivity index (χ4v) is 3.63. The van der Waals surface area contributed by atoms with Gasteiger partial charge in [-0.15, -0.1) is 0 Å². The zero-order chi connectivity index (χ0) is 16.0. The molecule has 0 aromatic carbocycles. The Morgan fingerprint density at radius 1 is 1.17 bits per heavy atom. The van der Waals surface area contributed by atoms with Crippen LogP contribution in [0.25, 0.3) is 11.0 Å². The van der Waals surface area contributed by atoms with Gasteiger partial charge in [0.05, 0.1) is 17.5 Å². The molecule has 0 spiro atoms. The Hall–Kier alpha value is -1.99. The van der Waals surface area contributed by atoms with Crippen LogP contribution in [-0.2, 0) is 12.8 Å². The van der Waals surface area contributed by atoms with Crippen molar-refractivity contribution in [3.63, 3.8) is 0 Å². The van der Waals surface area contributed by atoms with E-state index in [4.69, 9.17) is 4.98 Å². The predicted octanol–water partition coefficient (Wildman–Crippen LogP) is 0.608. The number of β-amino-alcohol motifs (C(OH)–C–C–N with tert-alkyl or cyclic N) is 1. The molecule has 1 saturated heterocycles. The molecule has 2 aromatic heterocycles. The van der Waals surface area contributed by atoms with E-state index >= 15 is 0 Å². The van der Waals surface area contributed by atoms with Gasteiger partial charge in [0.2, 0.25) is 5.95 Å². The molecule has 2 aliphatic rings. The molecule has 1 aliphatic carbocycles. The first-order valence-corrected chi connectivity index (χ1v) is 8.20. The number of rotatable bonds is 3. The Bertz CT molecular complexity index is 762. The van der Waals surface area contributed by atoms with Crippen molar-refractivity contribution >= 4 is 22.8 Å². The van der Waals surface area contributed by atoms with Crippen molar-refractivity contribution in [2.75, 3.05) is 30.8 Å². The molecule has 0 radical (unpaired) electrons. The molecule has 2 aromatic rings. The first-order valence-electron chi connectivity index (χ1n) is 8.20. The molecule has 0 amide bonds. The monoisotopic (exact) mass is 314 g/mol. The minimum absolute atomic E-state index is 0.0762. The first-order chi connectivity index (χ1) is 11.2. The average molecular weight is 314 g/mol. The van der Waals surface area contributed by atoms with Crippen LogP contribution in [0.3, 0.4) is 0 Å². The average Bonchev–Trinajstić information content (AvgIpc) is 3.16. The van der Waals surface area contributed by atoms with Gasteiger partial charge in [-0.3, -0.25) is 0 Å². The van der Waals surface area contributed by atoms with E-state index in [2.05, 4.69) is 32.8 Å². The fraction of sp³-hybridized carbons (Fsp3) is 0.562. The summed E-state index contributed by atoms with van der Waals surface area (Å²) in [6, 6.07) is -0.0762. The maximum atomic E-state index is 9.95. The molecule has 0 bridgehead atoms. The fourth-order valence-electron chi connectivity index (χ4n) is 3.63. The summed E-state index contributed by atoms with van der Waals surface area (Å²) in [5.41, 5.74) is 4.49. The zero-order valence-corrected chi connectivity index (χ0v) is 13.5. The van der Waals surface area contributed by atoms with Gasteiger partial charge in [0.25, 0.3) is 0 Å². The number of fused-ring (bicyclic) bond motifs is 2. The SMILES string of the molecule is CNc1nc(N[C@@H]2CNC[C@H]2O)nc2nc3c(c(C)c12)CCC3. The molecule has 3 heterocycles. The van der Waals surface area contributed by atoms with E-state index in [0.29, 0.717) is 19.0 Å². The summed E-state index contributed by atoms with van der Waals surface area (Å²) in [6.45, 7) is 3.43. The van der Waals surface area contributed by atoms with Gasteiger partial charge in [0, 0.05) is 25.8 Å². The van der Waals surface area contributed by atoms with Crippen LogP contribution in [0.1, 0.15) is 23.2 Å². The van der Waals surface area contributed by atoms with Crippen LogP contribution in [0.5, 0.6) is 0 Å². The summed E-state index contributed by atoms with van der Waals surface area (Å²) in [5.74, 6) is 1.30. The molecular formula is C16H22N6O. The number of nitrogens with one attached hydrogen (secondary N) is 3. The van der Waals surface area contributed by atoms with Gasteiger partial charge in [-0.2, -0.15) is 9.97 Å². The molecule has 4 N–H and O–H groups in total. The molecule has 1 fully saturated rings. The third-order valence-corrected chi connectivity index (χ3v) is 4.88. The van der Waals surface area contributed by atoms with E-state index in [9.17, 15) is 5.11 Å². The Kier molecular flexibility index (Phi) is 3.54. The standard InChI is InChI=1S/C16H22N6O/c1-8-9-4-3-5-10(9)19-15-13(8)14(17-2)21-16(22-15)20-11-6-18-7-12(11)23/h11-12,18,23H,3-7H2,1-2H3,(H2,17,19,20,21,22)/t11-,12-/m1/s1. The number of hydrogen-bond acceptors (Lipinski definition) is 7. The van der Waals surface area contributed by atoms with Crippen molar-refractivity contribution in [3.05, 3.63) is 16.8 Å². The van der Waals surface area contributed by atoms with Crippen LogP contribution in [0, 0.1) is 6.92 Å². The highest BCUT2D eigenvalue weighted by Crippen LogP contribution is 2.32. The van der Waals surface area contributed by atoms with Gasteiger partial charge >= 0.3 is 0 Å². The summed E-state index contributed by atoms with van der Waals surface area (Å²) in [4.78, 5) is 14.0. The number of hydrogen-bond donors (Lipinski definition) is 4. The third kappa shape index (κ3) is 2.40. The van der Waals surface area contributed by atoms with Crippen molar-refractivity contribution in [1.29, 1.82) is 0 Å². The van der Waals surface area contributed by atoms with Crippen LogP contribution < -0.4 is 16.0 Å². The Morgan fingerprint density at radius 3 is 2.78 bits per heavy atom. The van der Waals surface area contributed by atoms with Crippen LogP contribution in [-0.4, -0.2) is 52.3 Å². The Morgan fingerprint density at radius 2 is 2.04 bits per heavy atom. The normalized spacial score (nSPS) is 23.3. The summed E-state index contributed by atoms with van der Waals surface area (Å²) < 4.78 is 0. The van der Waals surface area contributed by atoms with Gasteiger partial charge in [-0.1, -0.05) is 0 Å². The second-order valence-electron chi connectivity index (χ2n) is 6.34. The van der Waals surface area contributed by atoms with Crippen molar-refractivity contribution in [2.45, 2.75) is 38.3 Å². The minimum atomic E-state index is -0.429. The van der Waals surface area contributed by atoms with Crippen LogP contribution in [0.2, 0.25) is 0 Å². The van der Waals surface area contributed by atoms with Gasteiger partial charge in [-0.05, 0) is 37.3 Å². The molecule has 1 aliphatic heterocycles. The van der Waals surface area contributed by atoms with E-state index in [1.165, 1.54) is 16.8 Å². The number of aryl methyl sites for hydroxylation is 2. The largest absolute Gasteiger partial charge is 0.390 e. The molecule has 4 rings (SSSR count). The first kappa shape index (κ1) is 14.6. The summed E-state index contributed by atoms with van der Waals surface area (Å²) in [6.07, 6.45) is 2.85. The number of aliphatic hydroxyl groups is 1. The Labute approximate surface area is 134 Å². The van der Waals surface area contributed by atoms with Gasteiger partial charge in [-0.25, -0.2) is 4.98 Å². The predicted molar refractivity (Wildman–Crippen MR) is 89.9 cm³/mol. The van der Waals surface area contributed by atoms with Gasteiger partial charge in [0.15, 0.2) is 5.65 Å². The molecule has 0 saturated carbocycles. The van der Waals surface area contributed by atoms with E-state index < -0.39 is 6.10 Å². The molecule has 0 unspecified atom stereocenters. The highest BCUT2D eigenvalue weighted by Gasteiger charge is 2.26. The highest BCUT2D eigenvalue weighted by molar-refractivity contribution is 5.91. The topological polar surface area (TPSA) is 95.0 Å². The molecule has 7 heteroatoms. The van der Waals surface area contributed by atoms with Crippen molar-refractivity contribution in [2.24, 2.45) is 0 Å². The zero-order valence-electron chi connectivity index (χ0n) is 13.5. The summed E-state index contributed by atoms with van der Waals surface area (Å²) in [7, 11) is 1.87. The summed E-state index contributed by atoms with van der Waals surface area (Å²) >= 11 is 0. The van der Waals surface area contributed by atoms with Crippen molar-refractivity contribution < 1.29 is 5.11 Å².